The molecule has 1 aromatic carbocycles. The van der Waals surface area contributed by atoms with E-state index < -0.39 is 0 Å². The zero-order valence-corrected chi connectivity index (χ0v) is 12.3. The number of aryl methyl sites for hydroxylation is 2. The van der Waals surface area contributed by atoms with Gasteiger partial charge in [-0.15, -0.1) is 0 Å². The van der Waals surface area contributed by atoms with Gasteiger partial charge in [-0.25, -0.2) is 0 Å². The Hall–Kier alpha value is -1.19. The summed E-state index contributed by atoms with van der Waals surface area (Å²) in [6, 6.07) is 10.6. The SMILES string of the molecule is Cc1ccc(CNCc2ccc(Br)c(C)c2)cn1. The predicted octanol–water partition coefficient (Wildman–Crippen LogP) is 3.75. The van der Waals surface area contributed by atoms with Crippen molar-refractivity contribution < 1.29 is 0 Å². The molecule has 0 saturated carbocycles. The van der Waals surface area contributed by atoms with E-state index in [1.54, 1.807) is 0 Å². The lowest BCUT2D eigenvalue weighted by Crippen LogP contribution is -2.12. The van der Waals surface area contributed by atoms with Gasteiger partial charge in [-0.2, -0.15) is 0 Å². The van der Waals surface area contributed by atoms with E-state index >= 15 is 0 Å². The van der Waals surface area contributed by atoms with Crippen LogP contribution in [0.1, 0.15) is 22.4 Å². The van der Waals surface area contributed by atoms with Gasteiger partial charge in [-0.05, 0) is 42.7 Å². The highest BCUT2D eigenvalue weighted by Gasteiger charge is 1.98. The second-order valence-corrected chi connectivity index (χ2v) is 5.35. The third-order valence-corrected chi connectivity index (χ3v) is 3.74. The number of nitrogens with zero attached hydrogens (tertiary/aromatic N) is 1. The van der Waals surface area contributed by atoms with E-state index in [9.17, 15) is 0 Å². The van der Waals surface area contributed by atoms with E-state index in [1.165, 1.54) is 16.7 Å². The monoisotopic (exact) mass is 304 g/mol. The smallest absolute Gasteiger partial charge is 0.0372 e. The van der Waals surface area contributed by atoms with Crippen molar-refractivity contribution in [3.63, 3.8) is 0 Å². The van der Waals surface area contributed by atoms with Gasteiger partial charge in [-0.3, -0.25) is 4.98 Å². The van der Waals surface area contributed by atoms with Crippen LogP contribution in [0.3, 0.4) is 0 Å². The fourth-order valence-electron chi connectivity index (χ4n) is 1.77. The third kappa shape index (κ3) is 3.65. The Morgan fingerprint density at radius 3 is 2.44 bits per heavy atom. The van der Waals surface area contributed by atoms with Crippen LogP contribution in [-0.2, 0) is 13.1 Å². The maximum atomic E-state index is 4.28. The van der Waals surface area contributed by atoms with E-state index in [-0.39, 0.29) is 0 Å². The Bertz CT molecular complexity index is 521. The minimum Gasteiger partial charge on any atom is -0.309 e. The Morgan fingerprint density at radius 1 is 1.06 bits per heavy atom. The fraction of sp³-hybridized carbons (Fsp3) is 0.267. The molecule has 0 atom stereocenters. The number of benzene rings is 1. The van der Waals surface area contributed by atoms with Crippen molar-refractivity contribution in [2.75, 3.05) is 0 Å². The summed E-state index contributed by atoms with van der Waals surface area (Å²) in [5.74, 6) is 0. The molecule has 2 aromatic rings. The lowest BCUT2D eigenvalue weighted by atomic mass is 10.1. The molecule has 0 unspecified atom stereocenters. The Kier molecular flexibility index (Phi) is 4.50. The number of hydrogen-bond acceptors (Lipinski definition) is 2. The zero-order chi connectivity index (χ0) is 13.0. The van der Waals surface area contributed by atoms with Crippen LogP contribution in [-0.4, -0.2) is 4.98 Å². The molecule has 0 aliphatic heterocycles. The Labute approximate surface area is 117 Å². The maximum absolute atomic E-state index is 4.28. The number of nitrogens with one attached hydrogen (secondary N) is 1. The minimum atomic E-state index is 0.850. The summed E-state index contributed by atoms with van der Waals surface area (Å²) < 4.78 is 1.16. The molecule has 94 valence electrons. The molecule has 1 N–H and O–H groups in total. The Morgan fingerprint density at radius 2 is 1.78 bits per heavy atom. The number of halogens is 1. The molecular formula is C15H17BrN2. The van der Waals surface area contributed by atoms with Crippen molar-refractivity contribution in [1.82, 2.24) is 10.3 Å². The lowest BCUT2D eigenvalue weighted by molar-refractivity contribution is 0.690. The van der Waals surface area contributed by atoms with Crippen molar-refractivity contribution in [3.05, 3.63) is 63.4 Å². The number of pyridine rings is 1. The van der Waals surface area contributed by atoms with Crippen molar-refractivity contribution in [1.29, 1.82) is 0 Å². The van der Waals surface area contributed by atoms with E-state index in [2.05, 4.69) is 57.4 Å². The normalized spacial score (nSPS) is 10.6. The van der Waals surface area contributed by atoms with Gasteiger partial charge in [-0.1, -0.05) is 34.1 Å². The van der Waals surface area contributed by atoms with E-state index in [0.717, 1.165) is 23.3 Å². The molecule has 0 aliphatic carbocycles. The predicted molar refractivity (Wildman–Crippen MR) is 78.4 cm³/mol. The fourth-order valence-corrected chi connectivity index (χ4v) is 2.02. The van der Waals surface area contributed by atoms with Crippen LogP contribution in [0.25, 0.3) is 0 Å². The van der Waals surface area contributed by atoms with Gasteiger partial charge in [0.1, 0.15) is 0 Å². The first-order valence-corrected chi connectivity index (χ1v) is 6.82. The molecule has 0 bridgehead atoms. The first-order valence-electron chi connectivity index (χ1n) is 6.02. The molecule has 0 amide bonds. The summed E-state index contributed by atoms with van der Waals surface area (Å²) in [7, 11) is 0. The molecule has 18 heavy (non-hydrogen) atoms. The van der Waals surface area contributed by atoms with Gasteiger partial charge in [0.15, 0.2) is 0 Å². The number of rotatable bonds is 4. The van der Waals surface area contributed by atoms with Gasteiger partial charge >= 0.3 is 0 Å². The van der Waals surface area contributed by atoms with Crippen LogP contribution in [0.4, 0.5) is 0 Å². The second-order valence-electron chi connectivity index (χ2n) is 4.49. The molecule has 0 saturated heterocycles. The van der Waals surface area contributed by atoms with Gasteiger partial charge in [0, 0.05) is 29.5 Å². The molecule has 0 fully saturated rings. The molecule has 0 aliphatic rings. The molecule has 1 heterocycles. The van der Waals surface area contributed by atoms with Crippen molar-refractivity contribution >= 4 is 15.9 Å². The molecule has 1 aromatic heterocycles. The van der Waals surface area contributed by atoms with E-state index in [1.807, 2.05) is 19.2 Å². The summed E-state index contributed by atoms with van der Waals surface area (Å²) in [6.45, 7) is 5.84. The standard InChI is InChI=1S/C15H17BrN2/c1-11-7-13(5-6-15(11)16)8-17-9-14-4-3-12(2)18-10-14/h3-7,10,17H,8-9H2,1-2H3. The van der Waals surface area contributed by atoms with Gasteiger partial charge < -0.3 is 5.32 Å². The van der Waals surface area contributed by atoms with Crippen LogP contribution in [0, 0.1) is 13.8 Å². The topological polar surface area (TPSA) is 24.9 Å². The van der Waals surface area contributed by atoms with Gasteiger partial charge in [0.25, 0.3) is 0 Å². The highest BCUT2D eigenvalue weighted by atomic mass is 79.9. The summed E-state index contributed by atoms with van der Waals surface area (Å²) in [5.41, 5.74) is 4.85. The molecule has 0 spiro atoms. The minimum absolute atomic E-state index is 0.850. The molecular weight excluding hydrogens is 288 g/mol. The van der Waals surface area contributed by atoms with Gasteiger partial charge in [0.2, 0.25) is 0 Å². The average Bonchev–Trinajstić information content (AvgIpc) is 2.36. The summed E-state index contributed by atoms with van der Waals surface area (Å²) >= 11 is 3.51. The van der Waals surface area contributed by atoms with Crippen LogP contribution >= 0.6 is 15.9 Å². The van der Waals surface area contributed by atoms with Crippen LogP contribution < -0.4 is 5.32 Å². The number of hydrogen-bond donors (Lipinski definition) is 1. The van der Waals surface area contributed by atoms with Crippen LogP contribution in [0.15, 0.2) is 41.0 Å². The zero-order valence-electron chi connectivity index (χ0n) is 10.7. The average molecular weight is 305 g/mol. The molecule has 3 heteroatoms. The highest BCUT2D eigenvalue weighted by Crippen LogP contribution is 2.16. The summed E-state index contributed by atoms with van der Waals surface area (Å²) in [4.78, 5) is 4.28. The quantitative estimate of drug-likeness (QED) is 0.930. The third-order valence-electron chi connectivity index (χ3n) is 2.85. The van der Waals surface area contributed by atoms with Gasteiger partial charge in [0.05, 0.1) is 0 Å². The second kappa shape index (κ2) is 6.12. The summed E-state index contributed by atoms with van der Waals surface area (Å²) in [6.07, 6.45) is 1.93. The van der Waals surface area contributed by atoms with E-state index in [0.29, 0.717) is 0 Å². The highest BCUT2D eigenvalue weighted by molar-refractivity contribution is 9.10. The number of aromatic nitrogens is 1. The molecule has 2 nitrogen and oxygen atoms in total. The van der Waals surface area contributed by atoms with Crippen molar-refractivity contribution in [3.8, 4) is 0 Å². The molecule has 0 radical (unpaired) electrons. The maximum Gasteiger partial charge on any atom is 0.0372 e. The van der Waals surface area contributed by atoms with E-state index in [4.69, 9.17) is 0 Å². The first kappa shape index (κ1) is 13.2. The Balaban J connectivity index is 1.88. The largest absolute Gasteiger partial charge is 0.309 e. The first-order chi connectivity index (χ1) is 8.65. The van der Waals surface area contributed by atoms with Crippen LogP contribution in [0.5, 0.6) is 0 Å². The molecule has 2 rings (SSSR count). The van der Waals surface area contributed by atoms with Crippen LogP contribution in [0.2, 0.25) is 0 Å². The summed E-state index contributed by atoms with van der Waals surface area (Å²) in [5, 5.41) is 3.43. The van der Waals surface area contributed by atoms with Crippen molar-refractivity contribution in [2.45, 2.75) is 26.9 Å². The lowest BCUT2D eigenvalue weighted by Gasteiger charge is -2.07. The van der Waals surface area contributed by atoms with Crippen molar-refractivity contribution in [2.24, 2.45) is 0 Å².